The topological polar surface area (TPSA) is 87.2 Å². The number of carbonyl (C=O) groups is 2. The summed E-state index contributed by atoms with van der Waals surface area (Å²) in [7, 11) is 0. The van der Waals surface area contributed by atoms with Gasteiger partial charge in [0.15, 0.2) is 0 Å². The zero-order valence-corrected chi connectivity index (χ0v) is 20.2. The lowest BCUT2D eigenvalue weighted by Crippen LogP contribution is -2.37. The molecule has 9 heteroatoms. The molecule has 2 aromatic rings. The predicted octanol–water partition coefficient (Wildman–Crippen LogP) is 4.54. The fourth-order valence-corrected chi connectivity index (χ4v) is 4.79. The molecule has 0 bridgehead atoms. The highest BCUT2D eigenvalue weighted by molar-refractivity contribution is 7.13. The molecule has 0 saturated carbocycles. The second-order valence-electron chi connectivity index (χ2n) is 8.26. The van der Waals surface area contributed by atoms with Crippen LogP contribution in [0.4, 0.5) is 5.69 Å². The van der Waals surface area contributed by atoms with E-state index < -0.39 is 0 Å². The molecule has 1 fully saturated rings. The summed E-state index contributed by atoms with van der Waals surface area (Å²) < 4.78 is 0. The summed E-state index contributed by atoms with van der Waals surface area (Å²) >= 11 is 7.19. The normalized spacial score (nSPS) is 15.7. The van der Waals surface area contributed by atoms with Gasteiger partial charge in [-0.25, -0.2) is 0 Å². The molecule has 1 aromatic carbocycles. The van der Waals surface area contributed by atoms with Gasteiger partial charge in [0, 0.05) is 36.1 Å². The number of nitrogens with zero attached hydrogens (tertiary/aromatic N) is 3. The number of amides is 2. The highest BCUT2D eigenvalue weighted by Crippen LogP contribution is 2.18. The van der Waals surface area contributed by atoms with E-state index in [1.54, 1.807) is 24.3 Å². The lowest BCUT2D eigenvalue weighted by Gasteiger charge is -2.27. The van der Waals surface area contributed by atoms with E-state index in [9.17, 15) is 9.59 Å². The van der Waals surface area contributed by atoms with Crippen LogP contribution >= 0.6 is 22.9 Å². The van der Waals surface area contributed by atoms with Crippen LogP contribution < -0.4 is 10.6 Å². The highest BCUT2D eigenvalue weighted by atomic mass is 35.5. The monoisotopic (exact) mass is 477 g/mol. The first-order valence-electron chi connectivity index (χ1n) is 11.4. The molecular weight excluding hydrogens is 446 g/mol. The van der Waals surface area contributed by atoms with Gasteiger partial charge in [-0.2, -0.15) is 0 Å². The van der Waals surface area contributed by atoms with E-state index in [4.69, 9.17) is 11.6 Å². The maximum Gasteiger partial charge on any atom is 0.286 e. The smallest absolute Gasteiger partial charge is 0.286 e. The number of benzene rings is 1. The molecular formula is C23H32ClN5O2S. The minimum absolute atomic E-state index is 0.0662. The third kappa shape index (κ3) is 8.15. The van der Waals surface area contributed by atoms with Crippen molar-refractivity contribution >= 4 is 40.4 Å². The number of hydrogen-bond donors (Lipinski definition) is 2. The van der Waals surface area contributed by atoms with Gasteiger partial charge < -0.3 is 15.5 Å². The van der Waals surface area contributed by atoms with Crippen LogP contribution in [-0.4, -0.2) is 52.6 Å². The Bertz CT molecular complexity index is 883. The number of rotatable bonds is 10. The van der Waals surface area contributed by atoms with Crippen molar-refractivity contribution in [2.45, 2.75) is 64.3 Å². The van der Waals surface area contributed by atoms with Crippen LogP contribution in [0.25, 0.3) is 0 Å². The number of aryl methyl sites for hydroxylation is 1. The van der Waals surface area contributed by atoms with Gasteiger partial charge in [0.25, 0.3) is 5.91 Å². The lowest BCUT2D eigenvalue weighted by molar-refractivity contribution is -0.121. The summed E-state index contributed by atoms with van der Waals surface area (Å²) in [5.74, 6) is -0.246. The molecule has 2 N–H and O–H groups in total. The van der Waals surface area contributed by atoms with Gasteiger partial charge in [-0.1, -0.05) is 41.8 Å². The number of hydrogen-bond acceptors (Lipinski definition) is 6. The highest BCUT2D eigenvalue weighted by Gasteiger charge is 2.16. The quantitative estimate of drug-likeness (QED) is 0.524. The Balaban J connectivity index is 1.32. The van der Waals surface area contributed by atoms with Gasteiger partial charge in [-0.05, 0) is 63.9 Å². The summed E-state index contributed by atoms with van der Waals surface area (Å²) in [5.41, 5.74) is 0.612. The zero-order chi connectivity index (χ0) is 22.8. The van der Waals surface area contributed by atoms with Crippen molar-refractivity contribution in [1.82, 2.24) is 20.4 Å². The number of likely N-dealkylation sites (tertiary alicyclic amines) is 1. The molecule has 32 heavy (non-hydrogen) atoms. The predicted molar refractivity (Wildman–Crippen MR) is 129 cm³/mol. The van der Waals surface area contributed by atoms with Gasteiger partial charge in [0.2, 0.25) is 10.9 Å². The van der Waals surface area contributed by atoms with Gasteiger partial charge in [-0.15, -0.1) is 10.2 Å². The molecule has 0 unspecified atom stereocenters. The molecule has 2 amide bonds. The van der Waals surface area contributed by atoms with Crippen LogP contribution in [0.5, 0.6) is 0 Å². The maximum atomic E-state index is 12.3. The van der Waals surface area contributed by atoms with Gasteiger partial charge >= 0.3 is 0 Å². The van der Waals surface area contributed by atoms with Crippen molar-refractivity contribution in [1.29, 1.82) is 0 Å². The number of aromatic nitrogens is 2. The molecule has 0 radical (unpaired) electrons. The SMILES string of the molecule is C[C@H](CCNC(=O)CCCc1nnc(C(=O)Nc2cccc(Cl)c2)s1)N1CCCCCC1. The minimum Gasteiger partial charge on any atom is -0.356 e. The summed E-state index contributed by atoms with van der Waals surface area (Å²) in [6.07, 6.45) is 7.97. The van der Waals surface area contributed by atoms with E-state index in [-0.39, 0.29) is 11.8 Å². The molecule has 0 spiro atoms. The van der Waals surface area contributed by atoms with Crippen LogP contribution in [0.1, 0.15) is 66.7 Å². The summed E-state index contributed by atoms with van der Waals surface area (Å²) in [6.45, 7) is 5.32. The fourth-order valence-electron chi connectivity index (χ4n) is 3.82. The number of anilines is 1. The van der Waals surface area contributed by atoms with Crippen molar-refractivity contribution in [2.75, 3.05) is 25.0 Å². The van der Waals surface area contributed by atoms with Crippen LogP contribution in [0.3, 0.4) is 0 Å². The summed E-state index contributed by atoms with van der Waals surface area (Å²) in [4.78, 5) is 27.0. The largest absolute Gasteiger partial charge is 0.356 e. The first kappa shape index (κ1) is 24.6. The molecule has 1 saturated heterocycles. The van der Waals surface area contributed by atoms with Crippen molar-refractivity contribution < 1.29 is 9.59 Å². The van der Waals surface area contributed by atoms with E-state index in [1.165, 1.54) is 50.1 Å². The molecule has 3 rings (SSSR count). The Hall–Kier alpha value is -2.03. The molecule has 2 heterocycles. The Morgan fingerprint density at radius 1 is 1.19 bits per heavy atom. The third-order valence-corrected chi connectivity index (χ3v) is 6.90. The minimum atomic E-state index is -0.313. The van der Waals surface area contributed by atoms with Crippen molar-refractivity contribution in [2.24, 2.45) is 0 Å². The van der Waals surface area contributed by atoms with E-state index in [0.29, 0.717) is 47.6 Å². The molecule has 174 valence electrons. The number of carbonyl (C=O) groups excluding carboxylic acids is 2. The second-order valence-corrected chi connectivity index (χ2v) is 9.76. The zero-order valence-electron chi connectivity index (χ0n) is 18.6. The average Bonchev–Trinajstić information content (AvgIpc) is 3.07. The fraction of sp³-hybridized carbons (Fsp3) is 0.565. The van der Waals surface area contributed by atoms with E-state index in [0.717, 1.165) is 11.4 Å². The van der Waals surface area contributed by atoms with Crippen LogP contribution in [-0.2, 0) is 11.2 Å². The van der Waals surface area contributed by atoms with Gasteiger partial charge in [-0.3, -0.25) is 9.59 Å². The number of nitrogens with one attached hydrogen (secondary N) is 2. The Labute approximate surface area is 198 Å². The van der Waals surface area contributed by atoms with Crippen molar-refractivity contribution in [3.05, 3.63) is 39.3 Å². The average molecular weight is 478 g/mol. The Kier molecular flexibility index (Phi) is 9.89. The molecule has 1 aromatic heterocycles. The third-order valence-electron chi connectivity index (χ3n) is 5.69. The van der Waals surface area contributed by atoms with Gasteiger partial charge in [0.05, 0.1) is 0 Å². The van der Waals surface area contributed by atoms with Crippen LogP contribution in [0.15, 0.2) is 24.3 Å². The number of halogens is 1. The van der Waals surface area contributed by atoms with E-state index in [1.807, 2.05) is 0 Å². The molecule has 1 aliphatic rings. The standard InChI is InChI=1S/C23H32ClN5O2S/c1-17(29-14-4-2-3-5-15-29)12-13-25-20(30)10-7-11-21-27-28-23(32-21)22(31)26-19-9-6-8-18(24)16-19/h6,8-9,16-17H,2-5,7,10-15H2,1H3,(H,25,30)(H,26,31)/t17-/m1/s1. The first-order valence-corrected chi connectivity index (χ1v) is 12.6. The summed E-state index contributed by atoms with van der Waals surface area (Å²) in [6, 6.07) is 7.45. The molecule has 7 nitrogen and oxygen atoms in total. The van der Waals surface area contributed by atoms with Gasteiger partial charge in [0.1, 0.15) is 5.01 Å². The van der Waals surface area contributed by atoms with E-state index in [2.05, 4.69) is 32.7 Å². The Morgan fingerprint density at radius 2 is 1.97 bits per heavy atom. The Morgan fingerprint density at radius 3 is 2.72 bits per heavy atom. The van der Waals surface area contributed by atoms with Crippen LogP contribution in [0, 0.1) is 0 Å². The van der Waals surface area contributed by atoms with Crippen molar-refractivity contribution in [3.8, 4) is 0 Å². The van der Waals surface area contributed by atoms with Crippen molar-refractivity contribution in [3.63, 3.8) is 0 Å². The molecule has 1 atom stereocenters. The maximum absolute atomic E-state index is 12.3. The van der Waals surface area contributed by atoms with E-state index >= 15 is 0 Å². The summed E-state index contributed by atoms with van der Waals surface area (Å²) in [5, 5.41) is 15.5. The molecule has 1 aliphatic heterocycles. The van der Waals surface area contributed by atoms with Crippen LogP contribution in [0.2, 0.25) is 5.02 Å². The molecule has 0 aliphatic carbocycles. The second kappa shape index (κ2) is 12.9. The first-order chi connectivity index (χ1) is 15.5. The lowest BCUT2D eigenvalue weighted by atomic mass is 10.2.